The predicted molar refractivity (Wildman–Crippen MR) is 124 cm³/mol. The van der Waals surface area contributed by atoms with Crippen LogP contribution in [0.1, 0.15) is 26.5 Å². The molecule has 164 valence electrons. The summed E-state index contributed by atoms with van der Waals surface area (Å²) in [6.45, 7) is 1.84. The van der Waals surface area contributed by atoms with E-state index in [4.69, 9.17) is 4.74 Å². The Morgan fingerprint density at radius 1 is 1.00 bits per heavy atom. The molecule has 33 heavy (non-hydrogen) atoms. The Labute approximate surface area is 187 Å². The molecule has 0 unspecified atom stereocenters. The van der Waals surface area contributed by atoms with E-state index in [-0.39, 0.29) is 17.5 Å². The van der Waals surface area contributed by atoms with Gasteiger partial charge < -0.3 is 14.7 Å². The smallest absolute Gasteiger partial charge is 0.276 e. The van der Waals surface area contributed by atoms with E-state index in [9.17, 15) is 9.59 Å². The monoisotopic (exact) mass is 441 g/mol. The molecule has 0 saturated carbocycles. The maximum atomic E-state index is 12.9. The van der Waals surface area contributed by atoms with Crippen LogP contribution in [0.5, 0.6) is 5.75 Å². The summed E-state index contributed by atoms with van der Waals surface area (Å²) in [7, 11) is 1.60. The van der Waals surface area contributed by atoms with Gasteiger partial charge in [0.15, 0.2) is 0 Å². The highest BCUT2D eigenvalue weighted by Crippen LogP contribution is 2.24. The van der Waals surface area contributed by atoms with Crippen molar-refractivity contribution in [2.45, 2.75) is 6.92 Å². The third kappa shape index (κ3) is 3.85. The number of hydrogen-bond acceptors (Lipinski definition) is 6. The third-order valence-corrected chi connectivity index (χ3v) is 5.18. The second-order valence-electron chi connectivity index (χ2n) is 7.31. The van der Waals surface area contributed by atoms with Gasteiger partial charge >= 0.3 is 0 Å². The van der Waals surface area contributed by atoms with Crippen molar-refractivity contribution >= 4 is 45.5 Å². The van der Waals surface area contributed by atoms with E-state index in [2.05, 4.69) is 35.6 Å². The number of imidazole rings is 2. The van der Waals surface area contributed by atoms with Crippen LogP contribution in [-0.4, -0.2) is 43.8 Å². The highest BCUT2D eigenvalue weighted by atomic mass is 16.5. The van der Waals surface area contributed by atoms with Crippen molar-refractivity contribution < 1.29 is 14.3 Å². The van der Waals surface area contributed by atoms with Crippen LogP contribution in [0.25, 0.3) is 21.8 Å². The van der Waals surface area contributed by atoms with Gasteiger partial charge in [-0.05, 0) is 42.6 Å². The quantitative estimate of drug-likeness (QED) is 0.328. The fourth-order valence-electron chi connectivity index (χ4n) is 3.59. The SMILES string of the molecule is COc1ccc2cc(C(=O)Nc3nc4c(C(=O)Nc5ncc[nH]5)cccc4[nH]3)nc(C)c2c1. The van der Waals surface area contributed by atoms with Gasteiger partial charge in [0.05, 0.1) is 18.2 Å². The summed E-state index contributed by atoms with van der Waals surface area (Å²) in [6, 6.07) is 12.5. The summed E-state index contributed by atoms with van der Waals surface area (Å²) < 4.78 is 5.27. The molecule has 5 rings (SSSR count). The Bertz CT molecular complexity index is 1510. The number of pyridine rings is 1. The summed E-state index contributed by atoms with van der Waals surface area (Å²) in [5, 5.41) is 7.18. The fraction of sp³-hybridized carbons (Fsp3) is 0.0870. The number of rotatable bonds is 5. The average Bonchev–Trinajstić information content (AvgIpc) is 3.47. The third-order valence-electron chi connectivity index (χ3n) is 5.18. The largest absolute Gasteiger partial charge is 0.497 e. The molecule has 0 aliphatic heterocycles. The van der Waals surface area contributed by atoms with Crippen LogP contribution in [-0.2, 0) is 0 Å². The van der Waals surface area contributed by atoms with Crippen LogP contribution in [0.15, 0.2) is 54.9 Å². The van der Waals surface area contributed by atoms with E-state index in [0.29, 0.717) is 28.2 Å². The molecule has 2 aromatic carbocycles. The number of benzene rings is 2. The highest BCUT2D eigenvalue weighted by Gasteiger charge is 2.17. The molecule has 0 bridgehead atoms. The van der Waals surface area contributed by atoms with Gasteiger partial charge in [-0.2, -0.15) is 0 Å². The summed E-state index contributed by atoms with van der Waals surface area (Å²) in [4.78, 5) is 44.2. The first-order valence-corrected chi connectivity index (χ1v) is 10.1. The lowest BCUT2D eigenvalue weighted by atomic mass is 10.1. The second kappa shape index (κ2) is 8.08. The van der Waals surface area contributed by atoms with Crippen LogP contribution >= 0.6 is 0 Å². The molecule has 5 aromatic rings. The molecule has 4 N–H and O–H groups in total. The number of anilines is 2. The molecule has 3 heterocycles. The number of ether oxygens (including phenoxy) is 1. The number of nitrogens with one attached hydrogen (secondary N) is 4. The Kier molecular flexibility index (Phi) is 4.94. The summed E-state index contributed by atoms with van der Waals surface area (Å²) in [5.74, 6) is 0.469. The zero-order valence-corrected chi connectivity index (χ0v) is 17.8. The minimum absolute atomic E-state index is 0.211. The van der Waals surface area contributed by atoms with Crippen LogP contribution in [0.4, 0.5) is 11.9 Å². The van der Waals surface area contributed by atoms with Crippen molar-refractivity contribution in [3.63, 3.8) is 0 Å². The van der Waals surface area contributed by atoms with Gasteiger partial charge in [-0.1, -0.05) is 12.1 Å². The number of hydrogen-bond donors (Lipinski definition) is 4. The van der Waals surface area contributed by atoms with Crippen molar-refractivity contribution in [1.29, 1.82) is 0 Å². The standard InChI is InChI=1S/C23H19N7O3/c1-12-16-11-14(33-2)7-6-13(16)10-18(26-12)21(32)30-23-27-17-5-3-4-15(19(17)28-23)20(31)29-22-24-8-9-25-22/h3-11H,1-2H3,(H2,24,25,29,31)(H2,27,28,30,32). The highest BCUT2D eigenvalue weighted by molar-refractivity contribution is 6.12. The Morgan fingerprint density at radius 3 is 2.64 bits per heavy atom. The van der Waals surface area contributed by atoms with E-state index < -0.39 is 5.91 Å². The minimum atomic E-state index is -0.420. The number of carbonyl (C=O) groups excluding carboxylic acids is 2. The molecular weight excluding hydrogens is 422 g/mol. The summed E-state index contributed by atoms with van der Waals surface area (Å²) >= 11 is 0. The van der Waals surface area contributed by atoms with E-state index in [1.54, 1.807) is 37.6 Å². The summed E-state index contributed by atoms with van der Waals surface area (Å²) in [6.07, 6.45) is 3.15. The number of nitrogens with zero attached hydrogens (tertiary/aromatic N) is 3. The van der Waals surface area contributed by atoms with Crippen molar-refractivity contribution in [2.24, 2.45) is 0 Å². The molecule has 10 nitrogen and oxygen atoms in total. The lowest BCUT2D eigenvalue weighted by Crippen LogP contribution is -2.15. The number of para-hydroxylation sites is 1. The van der Waals surface area contributed by atoms with Crippen LogP contribution in [0.3, 0.4) is 0 Å². The number of methoxy groups -OCH3 is 1. The second-order valence-corrected chi connectivity index (χ2v) is 7.31. The summed E-state index contributed by atoms with van der Waals surface area (Å²) in [5.41, 5.74) is 2.33. The molecule has 2 amide bonds. The van der Waals surface area contributed by atoms with Gasteiger partial charge in [0.1, 0.15) is 17.0 Å². The van der Waals surface area contributed by atoms with Crippen molar-refractivity contribution in [1.82, 2.24) is 24.9 Å². The number of H-pyrrole nitrogens is 2. The van der Waals surface area contributed by atoms with E-state index >= 15 is 0 Å². The van der Waals surface area contributed by atoms with Crippen molar-refractivity contribution in [3.8, 4) is 5.75 Å². The molecule has 0 spiro atoms. The first-order valence-electron chi connectivity index (χ1n) is 10.1. The number of fused-ring (bicyclic) bond motifs is 2. The molecule has 10 heteroatoms. The number of aryl methyl sites for hydroxylation is 1. The first kappa shape index (κ1) is 20.2. The average molecular weight is 441 g/mol. The zero-order chi connectivity index (χ0) is 22.9. The van der Waals surface area contributed by atoms with Gasteiger partial charge in [-0.15, -0.1) is 0 Å². The zero-order valence-electron chi connectivity index (χ0n) is 17.8. The number of aromatic amines is 2. The van der Waals surface area contributed by atoms with Gasteiger partial charge in [0.2, 0.25) is 11.9 Å². The lowest BCUT2D eigenvalue weighted by Gasteiger charge is -2.08. The van der Waals surface area contributed by atoms with Crippen LogP contribution < -0.4 is 15.4 Å². The fourth-order valence-corrected chi connectivity index (χ4v) is 3.59. The molecule has 0 aliphatic rings. The molecule has 0 radical (unpaired) electrons. The number of aromatic nitrogens is 5. The topological polar surface area (TPSA) is 138 Å². The maximum absolute atomic E-state index is 12.9. The molecule has 0 saturated heterocycles. The normalized spacial score (nSPS) is 11.0. The van der Waals surface area contributed by atoms with Gasteiger partial charge in [-0.3, -0.25) is 20.2 Å². The Morgan fingerprint density at radius 2 is 1.85 bits per heavy atom. The van der Waals surface area contributed by atoms with Gasteiger partial charge in [0.25, 0.3) is 11.8 Å². The van der Waals surface area contributed by atoms with Gasteiger partial charge in [0, 0.05) is 23.5 Å². The van der Waals surface area contributed by atoms with Gasteiger partial charge in [-0.25, -0.2) is 15.0 Å². The maximum Gasteiger partial charge on any atom is 0.276 e. The minimum Gasteiger partial charge on any atom is -0.497 e. The Balaban J connectivity index is 1.42. The van der Waals surface area contributed by atoms with E-state index in [1.807, 2.05) is 25.1 Å². The lowest BCUT2D eigenvalue weighted by molar-refractivity contribution is 0.101. The molecular formula is C23H19N7O3. The van der Waals surface area contributed by atoms with E-state index in [1.165, 1.54) is 6.20 Å². The van der Waals surface area contributed by atoms with Crippen LogP contribution in [0, 0.1) is 6.92 Å². The molecule has 0 aliphatic carbocycles. The van der Waals surface area contributed by atoms with Crippen LogP contribution in [0.2, 0.25) is 0 Å². The molecule has 0 atom stereocenters. The van der Waals surface area contributed by atoms with Crippen molar-refractivity contribution in [3.05, 3.63) is 71.8 Å². The first-order chi connectivity index (χ1) is 16.0. The predicted octanol–water partition coefficient (Wildman–Crippen LogP) is 3.66. The molecule has 3 aromatic heterocycles. The van der Waals surface area contributed by atoms with Crippen molar-refractivity contribution in [2.75, 3.05) is 17.7 Å². The van der Waals surface area contributed by atoms with E-state index in [0.717, 1.165) is 16.5 Å². The Hall–Kier alpha value is -4.73. The number of carbonyl (C=O) groups is 2. The number of amides is 2. The molecule has 0 fully saturated rings.